The van der Waals surface area contributed by atoms with Crippen molar-refractivity contribution < 1.29 is 4.39 Å². The molecule has 2 rings (SSSR count). The number of hydrogen-bond donors (Lipinski definition) is 1. The number of halogens is 3. The van der Waals surface area contributed by atoms with E-state index in [1.165, 1.54) is 6.07 Å². The third-order valence-electron chi connectivity index (χ3n) is 2.47. The second-order valence-corrected chi connectivity index (χ2v) is 3.88. The van der Waals surface area contributed by atoms with Gasteiger partial charge in [-0.3, -0.25) is 0 Å². The zero-order valence-electron chi connectivity index (χ0n) is 7.54. The Hall–Kier alpha value is -0.310. The topological polar surface area (TPSA) is 26.0 Å². The Morgan fingerprint density at radius 1 is 1.43 bits per heavy atom. The molecule has 1 aliphatic carbocycles. The first-order chi connectivity index (χ1) is 6.20. The van der Waals surface area contributed by atoms with E-state index >= 15 is 0 Å². The summed E-state index contributed by atoms with van der Waals surface area (Å²) in [6.45, 7) is 0. The van der Waals surface area contributed by atoms with E-state index in [1.54, 1.807) is 12.1 Å². The normalized spacial score (nSPS) is 17.4. The second-order valence-electron chi connectivity index (χ2n) is 3.51. The predicted octanol–water partition coefficient (Wildman–Crippen LogP) is 3.31. The van der Waals surface area contributed by atoms with Crippen LogP contribution < -0.4 is 5.73 Å². The van der Waals surface area contributed by atoms with Crippen LogP contribution in [-0.2, 0) is 0 Å². The lowest BCUT2D eigenvalue weighted by Crippen LogP contribution is -2.13. The van der Waals surface area contributed by atoms with Crippen LogP contribution in [0.4, 0.5) is 4.39 Å². The molecule has 1 atom stereocenters. The van der Waals surface area contributed by atoms with Gasteiger partial charge in [0.25, 0.3) is 0 Å². The van der Waals surface area contributed by atoms with E-state index in [0.29, 0.717) is 5.92 Å². The summed E-state index contributed by atoms with van der Waals surface area (Å²) in [4.78, 5) is 0. The van der Waals surface area contributed by atoms with Crippen molar-refractivity contribution in [3.8, 4) is 0 Å². The van der Waals surface area contributed by atoms with E-state index in [9.17, 15) is 4.39 Å². The lowest BCUT2D eigenvalue weighted by Gasteiger charge is -2.12. The highest BCUT2D eigenvalue weighted by Gasteiger charge is 2.31. The van der Waals surface area contributed by atoms with E-state index in [-0.39, 0.29) is 29.3 Å². The Kier molecular flexibility index (Phi) is 3.76. The molecule has 0 heterocycles. The number of hydrogen-bond acceptors (Lipinski definition) is 1. The molecule has 2 N–H and O–H groups in total. The van der Waals surface area contributed by atoms with Crippen molar-refractivity contribution in [3.05, 3.63) is 34.6 Å². The zero-order chi connectivity index (χ0) is 9.42. The van der Waals surface area contributed by atoms with Crippen molar-refractivity contribution in [1.82, 2.24) is 0 Å². The maximum atomic E-state index is 13.0. The molecule has 0 aromatic heterocycles. The highest BCUT2D eigenvalue weighted by molar-refractivity contribution is 6.31. The van der Waals surface area contributed by atoms with Gasteiger partial charge in [0, 0.05) is 6.04 Å². The van der Waals surface area contributed by atoms with Crippen molar-refractivity contribution in [1.29, 1.82) is 0 Å². The van der Waals surface area contributed by atoms with Crippen molar-refractivity contribution >= 4 is 24.0 Å². The van der Waals surface area contributed by atoms with E-state index < -0.39 is 0 Å². The maximum Gasteiger partial charge on any atom is 0.142 e. The Balaban J connectivity index is 0.000000980. The number of nitrogens with two attached hydrogens (primary N) is 1. The van der Waals surface area contributed by atoms with Gasteiger partial charge >= 0.3 is 0 Å². The van der Waals surface area contributed by atoms with Crippen molar-refractivity contribution in [2.24, 2.45) is 11.7 Å². The van der Waals surface area contributed by atoms with Gasteiger partial charge in [-0.15, -0.1) is 12.4 Å². The fraction of sp³-hybridized carbons (Fsp3) is 0.400. The molecule has 4 heteroatoms. The summed E-state index contributed by atoms with van der Waals surface area (Å²) >= 11 is 5.80. The molecule has 0 radical (unpaired) electrons. The summed E-state index contributed by atoms with van der Waals surface area (Å²) in [5.74, 6) is 0.120. The minimum absolute atomic E-state index is 0. The maximum absolute atomic E-state index is 13.0. The molecule has 14 heavy (non-hydrogen) atoms. The van der Waals surface area contributed by atoms with Crippen LogP contribution >= 0.6 is 24.0 Å². The molecule has 0 aliphatic heterocycles. The molecule has 1 fully saturated rings. The van der Waals surface area contributed by atoms with E-state index in [1.807, 2.05) is 0 Å². The Morgan fingerprint density at radius 2 is 2.07 bits per heavy atom. The minimum Gasteiger partial charge on any atom is -0.324 e. The molecule has 0 amide bonds. The van der Waals surface area contributed by atoms with Gasteiger partial charge in [0.15, 0.2) is 0 Å². The Bertz CT molecular complexity index is 326. The van der Waals surface area contributed by atoms with Gasteiger partial charge in [0.1, 0.15) is 5.82 Å². The lowest BCUT2D eigenvalue weighted by molar-refractivity contribution is 0.602. The fourth-order valence-electron chi connectivity index (χ4n) is 1.49. The summed E-state index contributed by atoms with van der Waals surface area (Å²) < 4.78 is 13.0. The molecule has 1 aromatic rings. The smallest absolute Gasteiger partial charge is 0.142 e. The quantitative estimate of drug-likeness (QED) is 0.837. The molecule has 78 valence electrons. The predicted molar refractivity (Wildman–Crippen MR) is 58.3 cm³/mol. The molecule has 0 saturated heterocycles. The van der Waals surface area contributed by atoms with Gasteiger partial charge in [-0.05, 0) is 30.4 Å². The van der Waals surface area contributed by atoms with Gasteiger partial charge in [0.05, 0.1) is 5.02 Å². The average Bonchev–Trinajstić information content (AvgIpc) is 2.91. The van der Waals surface area contributed by atoms with E-state index in [4.69, 9.17) is 17.3 Å². The van der Waals surface area contributed by atoms with Gasteiger partial charge in [-0.2, -0.15) is 0 Å². The average molecular weight is 236 g/mol. The van der Waals surface area contributed by atoms with Crippen LogP contribution in [0.15, 0.2) is 18.2 Å². The summed E-state index contributed by atoms with van der Waals surface area (Å²) in [7, 11) is 0. The molecular weight excluding hydrogens is 224 g/mol. The summed E-state index contributed by atoms with van der Waals surface area (Å²) in [6.07, 6.45) is 2.27. The molecule has 1 saturated carbocycles. The first-order valence-corrected chi connectivity index (χ1v) is 4.77. The van der Waals surface area contributed by atoms with Gasteiger partial charge in [-0.1, -0.05) is 23.7 Å². The fourth-order valence-corrected chi connectivity index (χ4v) is 1.74. The van der Waals surface area contributed by atoms with Gasteiger partial charge < -0.3 is 5.73 Å². The summed E-state index contributed by atoms with van der Waals surface area (Å²) in [5, 5.41) is 0.182. The van der Waals surface area contributed by atoms with Gasteiger partial charge in [-0.25, -0.2) is 4.39 Å². The summed E-state index contributed by atoms with van der Waals surface area (Å²) in [5.41, 5.74) is 6.66. The third kappa shape index (κ3) is 2.19. The molecule has 0 bridgehead atoms. The highest BCUT2D eigenvalue weighted by Crippen LogP contribution is 2.41. The Labute approximate surface area is 93.8 Å². The zero-order valence-corrected chi connectivity index (χ0v) is 9.11. The van der Waals surface area contributed by atoms with Crippen molar-refractivity contribution in [2.75, 3.05) is 0 Å². The molecule has 0 unspecified atom stereocenters. The van der Waals surface area contributed by atoms with Gasteiger partial charge in [0.2, 0.25) is 0 Å². The van der Waals surface area contributed by atoms with Crippen LogP contribution in [0.5, 0.6) is 0 Å². The van der Waals surface area contributed by atoms with Crippen molar-refractivity contribution in [2.45, 2.75) is 18.9 Å². The second kappa shape index (κ2) is 4.47. The Morgan fingerprint density at radius 3 is 2.64 bits per heavy atom. The van der Waals surface area contributed by atoms with E-state index in [0.717, 1.165) is 18.4 Å². The van der Waals surface area contributed by atoms with Crippen LogP contribution in [0.1, 0.15) is 24.4 Å². The van der Waals surface area contributed by atoms with Crippen LogP contribution in [-0.4, -0.2) is 0 Å². The molecule has 0 spiro atoms. The molecule has 1 nitrogen and oxygen atoms in total. The van der Waals surface area contributed by atoms with Crippen LogP contribution in [0, 0.1) is 11.7 Å². The standard InChI is InChI=1S/C10H11ClFN.ClH/c11-9-7(2-1-3-8(9)12)10(13)6-4-5-6;/h1-3,6,10H,4-5,13H2;1H/t10-;/m0./s1. The minimum atomic E-state index is -0.379. The molecule has 1 aromatic carbocycles. The number of rotatable bonds is 2. The summed E-state index contributed by atoms with van der Waals surface area (Å²) in [6, 6.07) is 4.71. The lowest BCUT2D eigenvalue weighted by atomic mass is 10.0. The molecule has 1 aliphatic rings. The van der Waals surface area contributed by atoms with Crippen LogP contribution in [0.25, 0.3) is 0 Å². The van der Waals surface area contributed by atoms with Crippen LogP contribution in [0.2, 0.25) is 5.02 Å². The first-order valence-electron chi connectivity index (χ1n) is 4.39. The first kappa shape index (κ1) is 11.8. The van der Waals surface area contributed by atoms with Crippen LogP contribution in [0.3, 0.4) is 0 Å². The monoisotopic (exact) mass is 235 g/mol. The third-order valence-corrected chi connectivity index (χ3v) is 2.87. The molecular formula is C10H12Cl2FN. The highest BCUT2D eigenvalue weighted by atomic mass is 35.5. The SMILES string of the molecule is Cl.N[C@H](c1cccc(F)c1Cl)C1CC1. The largest absolute Gasteiger partial charge is 0.324 e. The van der Waals surface area contributed by atoms with Crippen molar-refractivity contribution in [3.63, 3.8) is 0 Å². The number of benzene rings is 1. The van der Waals surface area contributed by atoms with E-state index in [2.05, 4.69) is 0 Å².